The summed E-state index contributed by atoms with van der Waals surface area (Å²) in [6.45, 7) is 0.322. The van der Waals surface area contributed by atoms with E-state index in [0.29, 0.717) is 30.3 Å². The minimum Gasteiger partial charge on any atom is -0.486 e. The molecule has 0 atom stereocenters. The van der Waals surface area contributed by atoms with E-state index >= 15 is 0 Å². The van der Waals surface area contributed by atoms with Gasteiger partial charge in [-0.25, -0.2) is 0 Å². The number of nitro groups is 1. The highest BCUT2D eigenvalue weighted by atomic mass is 79.9. The summed E-state index contributed by atoms with van der Waals surface area (Å²) in [4.78, 5) is 20.6. The first-order chi connectivity index (χ1) is 9.02. The van der Waals surface area contributed by atoms with Gasteiger partial charge in [0.25, 0.3) is 0 Å². The molecule has 0 unspecified atom stereocenters. The molecule has 0 heterocycles. The summed E-state index contributed by atoms with van der Waals surface area (Å²) in [5, 5.41) is 19.3. The Balaban J connectivity index is 2.45. The molecule has 0 fully saturated rings. The number of aliphatic carboxylic acids is 1. The normalized spacial score (nSPS) is 10.2. The maximum absolute atomic E-state index is 10.8. The lowest BCUT2D eigenvalue weighted by atomic mass is 10.2. The molecule has 19 heavy (non-hydrogen) atoms. The number of nitro benzene ring substituents is 1. The van der Waals surface area contributed by atoms with E-state index in [-0.39, 0.29) is 17.9 Å². The van der Waals surface area contributed by atoms with E-state index < -0.39 is 10.9 Å². The van der Waals surface area contributed by atoms with Gasteiger partial charge >= 0.3 is 11.7 Å². The van der Waals surface area contributed by atoms with Gasteiger partial charge in [0.05, 0.1) is 16.0 Å². The zero-order valence-electron chi connectivity index (χ0n) is 10.2. The molecule has 7 heteroatoms. The number of ether oxygens (including phenoxy) is 1. The minimum absolute atomic E-state index is 0.0834. The summed E-state index contributed by atoms with van der Waals surface area (Å²) in [6, 6.07) is 4.62. The topological polar surface area (TPSA) is 89.7 Å². The highest BCUT2D eigenvalue weighted by Gasteiger charge is 2.17. The molecule has 0 spiro atoms. The third-order valence-electron chi connectivity index (χ3n) is 2.42. The van der Waals surface area contributed by atoms with Crippen LogP contribution in [0.2, 0.25) is 0 Å². The Morgan fingerprint density at radius 3 is 2.74 bits per heavy atom. The highest BCUT2D eigenvalue weighted by Crippen LogP contribution is 2.34. The second-order valence-electron chi connectivity index (χ2n) is 3.90. The molecule has 0 aliphatic rings. The third kappa shape index (κ3) is 5.25. The molecule has 1 aromatic rings. The van der Waals surface area contributed by atoms with Crippen molar-refractivity contribution in [3.05, 3.63) is 32.8 Å². The Kier molecular flexibility index (Phi) is 6.27. The largest absolute Gasteiger partial charge is 0.486 e. The van der Waals surface area contributed by atoms with Crippen LogP contribution in [0.3, 0.4) is 0 Å². The third-order valence-corrected chi connectivity index (χ3v) is 3.05. The van der Waals surface area contributed by atoms with Crippen LogP contribution in [0.4, 0.5) is 5.69 Å². The van der Waals surface area contributed by atoms with Gasteiger partial charge in [-0.15, -0.1) is 0 Å². The predicted octanol–water partition coefficient (Wildman–Crippen LogP) is 3.38. The summed E-state index contributed by atoms with van der Waals surface area (Å²) in [6.07, 6.45) is 2.09. The fourth-order valence-electron chi connectivity index (χ4n) is 1.51. The van der Waals surface area contributed by atoms with Gasteiger partial charge in [0, 0.05) is 12.5 Å². The Bertz CT molecular complexity index is 463. The van der Waals surface area contributed by atoms with Gasteiger partial charge in [0.2, 0.25) is 5.75 Å². The Hall–Kier alpha value is -1.63. The molecule has 1 rings (SSSR count). The smallest absolute Gasteiger partial charge is 0.312 e. The van der Waals surface area contributed by atoms with Crippen molar-refractivity contribution >= 4 is 27.6 Å². The van der Waals surface area contributed by atoms with Crippen LogP contribution in [0.25, 0.3) is 0 Å². The van der Waals surface area contributed by atoms with Crippen LogP contribution in [0.1, 0.15) is 25.7 Å². The van der Waals surface area contributed by atoms with E-state index in [1.807, 2.05) is 0 Å². The van der Waals surface area contributed by atoms with Gasteiger partial charge in [0.15, 0.2) is 0 Å². The summed E-state index contributed by atoms with van der Waals surface area (Å²) in [5.41, 5.74) is -0.0834. The number of rotatable bonds is 8. The number of hydrogen-bond acceptors (Lipinski definition) is 4. The van der Waals surface area contributed by atoms with Gasteiger partial charge in [-0.1, -0.05) is 6.07 Å². The van der Waals surface area contributed by atoms with Crippen molar-refractivity contribution in [3.63, 3.8) is 0 Å². The maximum atomic E-state index is 10.8. The summed E-state index contributed by atoms with van der Waals surface area (Å²) >= 11 is 3.21. The van der Waals surface area contributed by atoms with Crippen molar-refractivity contribution in [1.29, 1.82) is 0 Å². The molecule has 0 saturated heterocycles. The molecule has 0 saturated carbocycles. The van der Waals surface area contributed by atoms with Crippen LogP contribution in [-0.4, -0.2) is 22.6 Å². The van der Waals surface area contributed by atoms with Gasteiger partial charge in [-0.2, -0.15) is 0 Å². The molecule has 0 aliphatic carbocycles. The molecular weight excluding hydrogens is 318 g/mol. The van der Waals surface area contributed by atoms with Crippen LogP contribution in [0.15, 0.2) is 22.7 Å². The molecule has 0 amide bonds. The van der Waals surface area contributed by atoms with E-state index in [1.165, 1.54) is 6.07 Å². The van der Waals surface area contributed by atoms with Gasteiger partial charge in [-0.05, 0) is 41.3 Å². The zero-order valence-corrected chi connectivity index (χ0v) is 11.8. The Morgan fingerprint density at radius 2 is 2.11 bits per heavy atom. The highest BCUT2D eigenvalue weighted by molar-refractivity contribution is 9.10. The molecular formula is C12H14BrNO5. The lowest BCUT2D eigenvalue weighted by molar-refractivity contribution is -0.386. The van der Waals surface area contributed by atoms with Gasteiger partial charge in [0.1, 0.15) is 0 Å². The fraction of sp³-hybridized carbons (Fsp3) is 0.417. The van der Waals surface area contributed by atoms with Crippen molar-refractivity contribution in [2.75, 3.05) is 6.61 Å². The summed E-state index contributed by atoms with van der Waals surface area (Å²) in [7, 11) is 0. The van der Waals surface area contributed by atoms with Crippen LogP contribution < -0.4 is 4.74 Å². The molecule has 1 N–H and O–H groups in total. The SMILES string of the molecule is O=C(O)CCCCCOc1c(Br)cccc1[N+](=O)[O-]. The molecule has 0 aromatic heterocycles. The van der Waals surface area contributed by atoms with E-state index in [4.69, 9.17) is 9.84 Å². The monoisotopic (exact) mass is 331 g/mol. The average Bonchev–Trinajstić information content (AvgIpc) is 2.34. The molecule has 6 nitrogen and oxygen atoms in total. The van der Waals surface area contributed by atoms with Crippen molar-refractivity contribution in [2.45, 2.75) is 25.7 Å². The van der Waals surface area contributed by atoms with Crippen LogP contribution in [0.5, 0.6) is 5.75 Å². The second kappa shape index (κ2) is 7.73. The van der Waals surface area contributed by atoms with Crippen LogP contribution in [0, 0.1) is 10.1 Å². The van der Waals surface area contributed by atoms with Crippen LogP contribution >= 0.6 is 15.9 Å². The van der Waals surface area contributed by atoms with E-state index in [1.54, 1.807) is 12.1 Å². The van der Waals surface area contributed by atoms with Gasteiger partial charge < -0.3 is 9.84 Å². The van der Waals surface area contributed by atoms with E-state index in [0.717, 1.165) is 0 Å². The Morgan fingerprint density at radius 1 is 1.37 bits per heavy atom. The number of benzene rings is 1. The lowest BCUT2D eigenvalue weighted by Gasteiger charge is -2.08. The quantitative estimate of drug-likeness (QED) is 0.448. The standard InChI is InChI=1S/C12H14BrNO5/c13-9-5-4-6-10(14(17)18)12(9)19-8-3-1-2-7-11(15)16/h4-6H,1-3,7-8H2,(H,15,16). The molecule has 0 bridgehead atoms. The number of para-hydroxylation sites is 1. The van der Waals surface area contributed by atoms with Crippen LogP contribution in [-0.2, 0) is 4.79 Å². The first-order valence-electron chi connectivity index (χ1n) is 5.80. The number of nitrogens with zero attached hydrogens (tertiary/aromatic N) is 1. The Labute approximate surface area is 118 Å². The first kappa shape index (κ1) is 15.4. The molecule has 0 aliphatic heterocycles. The van der Waals surface area contributed by atoms with Crippen molar-refractivity contribution in [1.82, 2.24) is 0 Å². The predicted molar refractivity (Wildman–Crippen MR) is 72.4 cm³/mol. The van der Waals surface area contributed by atoms with Crippen molar-refractivity contribution < 1.29 is 19.6 Å². The van der Waals surface area contributed by atoms with Crippen molar-refractivity contribution in [2.24, 2.45) is 0 Å². The molecule has 0 radical (unpaired) electrons. The lowest BCUT2D eigenvalue weighted by Crippen LogP contribution is -2.02. The van der Waals surface area contributed by atoms with E-state index in [9.17, 15) is 14.9 Å². The zero-order chi connectivity index (χ0) is 14.3. The molecule has 1 aromatic carbocycles. The van der Waals surface area contributed by atoms with Crippen molar-refractivity contribution in [3.8, 4) is 5.75 Å². The number of halogens is 1. The minimum atomic E-state index is -0.817. The van der Waals surface area contributed by atoms with E-state index in [2.05, 4.69) is 15.9 Å². The van der Waals surface area contributed by atoms with Gasteiger partial charge in [-0.3, -0.25) is 14.9 Å². The summed E-state index contributed by atoms with van der Waals surface area (Å²) in [5.74, 6) is -0.604. The number of hydrogen-bond donors (Lipinski definition) is 1. The molecule has 104 valence electrons. The number of carboxylic acid groups (broad SMARTS) is 1. The second-order valence-corrected chi connectivity index (χ2v) is 4.75. The summed E-state index contributed by atoms with van der Waals surface area (Å²) < 4.78 is 5.93. The number of carbonyl (C=O) groups is 1. The fourth-order valence-corrected chi connectivity index (χ4v) is 1.98. The maximum Gasteiger partial charge on any atom is 0.312 e. The number of unbranched alkanes of at least 4 members (excludes halogenated alkanes) is 2. The average molecular weight is 332 g/mol. The number of carboxylic acids is 1. The first-order valence-corrected chi connectivity index (χ1v) is 6.59.